The summed E-state index contributed by atoms with van der Waals surface area (Å²) in [7, 11) is 0. The number of rotatable bonds is 0. The maximum Gasteiger partial charge on any atom is 0.146 e. The van der Waals surface area contributed by atoms with E-state index in [1.807, 2.05) is 24.7 Å². The number of benzene rings is 3. The Morgan fingerprint density at radius 1 is 0.629 bits per heavy atom. The lowest BCUT2D eigenvalue weighted by Gasteiger charge is -2.08. The molecule has 0 amide bonds. The average molecular weight is 447 g/mol. The van der Waals surface area contributed by atoms with Crippen molar-refractivity contribution < 1.29 is 0 Å². The topological polar surface area (TPSA) is 43.1 Å². The zero-order valence-corrected chi connectivity index (χ0v) is 18.8. The fraction of sp³-hybridized carbons (Fsp3) is 0.0645. The highest BCUT2D eigenvalue weighted by Gasteiger charge is 2.28. The lowest BCUT2D eigenvalue weighted by molar-refractivity contribution is 1.24. The van der Waals surface area contributed by atoms with Gasteiger partial charge in [0, 0.05) is 35.8 Å². The Labute approximate surface area is 200 Å². The summed E-state index contributed by atoms with van der Waals surface area (Å²) < 4.78 is 2.28. The molecule has 9 rings (SSSR count). The molecule has 0 saturated heterocycles. The minimum Gasteiger partial charge on any atom is -0.290 e. The van der Waals surface area contributed by atoms with E-state index < -0.39 is 0 Å². The summed E-state index contributed by atoms with van der Waals surface area (Å²) in [5.41, 5.74) is 16.3. The first-order chi connectivity index (χ1) is 17.3. The lowest BCUT2D eigenvalue weighted by atomic mass is 9.98. The van der Waals surface area contributed by atoms with E-state index in [1.54, 1.807) is 0 Å². The van der Waals surface area contributed by atoms with Crippen LogP contribution in [0.2, 0.25) is 0 Å². The Morgan fingerprint density at radius 3 is 2.46 bits per heavy atom. The number of aromatic nitrogens is 4. The number of pyridine rings is 3. The quantitative estimate of drug-likeness (QED) is 0.243. The van der Waals surface area contributed by atoms with E-state index in [4.69, 9.17) is 9.97 Å². The third-order valence-corrected chi connectivity index (χ3v) is 7.95. The van der Waals surface area contributed by atoms with Crippen molar-refractivity contribution in [3.05, 3.63) is 108 Å². The Morgan fingerprint density at radius 2 is 1.49 bits per heavy atom. The predicted molar refractivity (Wildman–Crippen MR) is 140 cm³/mol. The highest BCUT2D eigenvalue weighted by atomic mass is 15.0. The van der Waals surface area contributed by atoms with Gasteiger partial charge in [-0.15, -0.1) is 0 Å². The molecular weight excluding hydrogens is 428 g/mol. The van der Waals surface area contributed by atoms with Gasteiger partial charge in [0.15, 0.2) is 0 Å². The van der Waals surface area contributed by atoms with E-state index in [0.29, 0.717) is 0 Å². The lowest BCUT2D eigenvalue weighted by Crippen LogP contribution is -1.93. The minimum absolute atomic E-state index is 0.914. The van der Waals surface area contributed by atoms with Crippen molar-refractivity contribution in [2.24, 2.45) is 0 Å². The first-order valence-corrected chi connectivity index (χ1v) is 12.0. The number of nitrogens with zero attached hydrogens (tertiary/aromatic N) is 4. The SMILES string of the molecule is c1ccc2c(c1)Cc1cc3c(cc1-2)Cc1c-3ccc2c1nc1c3ccncc3c3ncccc3n21. The predicted octanol–water partition coefficient (Wildman–Crippen LogP) is 6.73. The van der Waals surface area contributed by atoms with Crippen LogP contribution in [-0.4, -0.2) is 19.4 Å². The van der Waals surface area contributed by atoms with E-state index in [0.717, 1.165) is 51.3 Å². The second kappa shape index (κ2) is 6.10. The molecule has 0 atom stereocenters. The molecule has 35 heavy (non-hydrogen) atoms. The van der Waals surface area contributed by atoms with E-state index in [2.05, 4.69) is 70.0 Å². The molecule has 0 N–H and O–H groups in total. The summed E-state index contributed by atoms with van der Waals surface area (Å²) in [6.07, 6.45) is 7.53. The third kappa shape index (κ3) is 2.15. The highest BCUT2D eigenvalue weighted by Crippen LogP contribution is 2.46. The molecule has 4 heterocycles. The molecule has 0 bridgehead atoms. The van der Waals surface area contributed by atoms with Crippen LogP contribution in [0, 0.1) is 0 Å². The molecule has 3 aromatic carbocycles. The Bertz CT molecular complexity index is 2070. The highest BCUT2D eigenvalue weighted by molar-refractivity contribution is 6.12. The van der Waals surface area contributed by atoms with Crippen LogP contribution in [0.1, 0.15) is 22.3 Å². The van der Waals surface area contributed by atoms with Crippen LogP contribution in [0.4, 0.5) is 0 Å². The van der Waals surface area contributed by atoms with Crippen LogP contribution < -0.4 is 0 Å². The molecule has 0 aliphatic heterocycles. The molecular formula is C31H18N4. The molecule has 162 valence electrons. The second-order valence-corrected chi connectivity index (χ2v) is 9.70. The summed E-state index contributed by atoms with van der Waals surface area (Å²) in [6, 6.07) is 24.4. The summed E-state index contributed by atoms with van der Waals surface area (Å²) in [4.78, 5) is 14.4. The molecule has 0 unspecified atom stereocenters. The fourth-order valence-electron chi connectivity index (χ4n) is 6.43. The monoisotopic (exact) mass is 446 g/mol. The zero-order chi connectivity index (χ0) is 22.7. The van der Waals surface area contributed by atoms with E-state index in [-0.39, 0.29) is 0 Å². The van der Waals surface area contributed by atoms with Gasteiger partial charge < -0.3 is 0 Å². The van der Waals surface area contributed by atoms with Crippen molar-refractivity contribution in [2.45, 2.75) is 12.8 Å². The van der Waals surface area contributed by atoms with Gasteiger partial charge in [-0.05, 0) is 87.3 Å². The number of imidazole rings is 1. The van der Waals surface area contributed by atoms with Gasteiger partial charge in [0.25, 0.3) is 0 Å². The molecule has 0 spiro atoms. The largest absolute Gasteiger partial charge is 0.290 e. The van der Waals surface area contributed by atoms with Gasteiger partial charge in [0.2, 0.25) is 0 Å². The van der Waals surface area contributed by atoms with Gasteiger partial charge in [0.05, 0.1) is 22.1 Å². The van der Waals surface area contributed by atoms with Crippen molar-refractivity contribution in [3.63, 3.8) is 0 Å². The molecule has 2 aliphatic rings. The van der Waals surface area contributed by atoms with Crippen molar-refractivity contribution in [2.75, 3.05) is 0 Å². The van der Waals surface area contributed by atoms with Gasteiger partial charge in [-0.25, -0.2) is 4.98 Å². The Balaban J connectivity index is 1.35. The third-order valence-electron chi connectivity index (χ3n) is 7.95. The summed E-state index contributed by atoms with van der Waals surface area (Å²) in [5.74, 6) is 0. The maximum atomic E-state index is 5.27. The number of hydrogen-bond donors (Lipinski definition) is 0. The number of fused-ring (bicyclic) bond motifs is 15. The van der Waals surface area contributed by atoms with Gasteiger partial charge in [-0.1, -0.05) is 30.3 Å². The minimum atomic E-state index is 0.914. The average Bonchev–Trinajstić information content (AvgIpc) is 3.58. The Hall–Kier alpha value is -4.57. The standard InChI is InChI=1S/C31H18N4/c1-2-5-20-17(4-1)12-18-13-24-19(14-23(18)20)15-25-21(24)7-8-28-30(25)34-31-22-9-11-32-16-26(22)29-27(35(28)31)6-3-10-33-29/h1-11,13-14,16H,12,15H2. The summed E-state index contributed by atoms with van der Waals surface area (Å²) >= 11 is 0. The number of hydrogen-bond acceptors (Lipinski definition) is 3. The van der Waals surface area contributed by atoms with Gasteiger partial charge >= 0.3 is 0 Å². The van der Waals surface area contributed by atoms with Crippen LogP contribution in [0.15, 0.2) is 85.3 Å². The van der Waals surface area contributed by atoms with Crippen LogP contribution in [0.25, 0.3) is 60.7 Å². The zero-order valence-electron chi connectivity index (χ0n) is 18.8. The molecule has 0 radical (unpaired) electrons. The van der Waals surface area contributed by atoms with Crippen molar-refractivity contribution >= 4 is 38.5 Å². The van der Waals surface area contributed by atoms with Gasteiger partial charge in [0.1, 0.15) is 5.65 Å². The maximum absolute atomic E-state index is 5.27. The smallest absolute Gasteiger partial charge is 0.146 e. The molecule has 4 aromatic heterocycles. The normalized spacial score (nSPS) is 13.5. The van der Waals surface area contributed by atoms with Crippen LogP contribution in [0.3, 0.4) is 0 Å². The molecule has 0 saturated carbocycles. The molecule has 0 fully saturated rings. The van der Waals surface area contributed by atoms with E-state index in [1.165, 1.54) is 44.5 Å². The van der Waals surface area contributed by atoms with Crippen molar-refractivity contribution in [1.29, 1.82) is 0 Å². The second-order valence-electron chi connectivity index (χ2n) is 9.70. The Kier molecular flexibility index (Phi) is 3.11. The molecule has 4 nitrogen and oxygen atoms in total. The van der Waals surface area contributed by atoms with Crippen molar-refractivity contribution in [3.8, 4) is 22.3 Å². The van der Waals surface area contributed by atoms with Gasteiger partial charge in [-0.3, -0.25) is 14.4 Å². The first-order valence-electron chi connectivity index (χ1n) is 12.0. The van der Waals surface area contributed by atoms with E-state index in [9.17, 15) is 0 Å². The van der Waals surface area contributed by atoms with Crippen LogP contribution in [0.5, 0.6) is 0 Å². The van der Waals surface area contributed by atoms with Crippen molar-refractivity contribution in [1.82, 2.24) is 19.4 Å². The molecule has 4 heteroatoms. The molecule has 7 aromatic rings. The summed E-state index contributed by atoms with van der Waals surface area (Å²) in [5, 5.41) is 2.13. The van der Waals surface area contributed by atoms with Gasteiger partial charge in [-0.2, -0.15) is 0 Å². The fourth-order valence-corrected chi connectivity index (χ4v) is 6.43. The summed E-state index contributed by atoms with van der Waals surface area (Å²) in [6.45, 7) is 0. The van der Waals surface area contributed by atoms with Crippen LogP contribution >= 0.6 is 0 Å². The first kappa shape index (κ1) is 17.8. The van der Waals surface area contributed by atoms with Crippen LogP contribution in [-0.2, 0) is 12.8 Å². The molecule has 2 aliphatic carbocycles. The van der Waals surface area contributed by atoms with E-state index >= 15 is 0 Å².